The maximum atomic E-state index is 10.7. The summed E-state index contributed by atoms with van der Waals surface area (Å²) in [4.78, 5) is 17.1. The summed E-state index contributed by atoms with van der Waals surface area (Å²) in [6, 6.07) is 2.97. The zero-order chi connectivity index (χ0) is 7.68. The largest absolute Gasteiger partial charge is 0.305 e. The number of rotatable bonds is 0. The van der Waals surface area contributed by atoms with Gasteiger partial charge in [-0.2, -0.15) is 0 Å². The van der Waals surface area contributed by atoms with Crippen LogP contribution in [0.15, 0.2) is 23.3 Å². The molecule has 54 valence electrons. The Balaban J connectivity index is 2.94. The van der Waals surface area contributed by atoms with Crippen molar-refractivity contribution >= 4 is 11.2 Å². The molecule has 0 fully saturated rings. The average Bonchev–Trinajstić information content (AvgIpc) is 2.04. The van der Waals surface area contributed by atoms with Gasteiger partial charge in [0.2, 0.25) is 5.56 Å². The van der Waals surface area contributed by atoms with Crippen LogP contribution in [0, 0.1) is 0 Å². The second kappa shape index (κ2) is 2.12. The van der Waals surface area contributed by atoms with E-state index >= 15 is 0 Å². The number of pyridine rings is 1. The molecule has 2 heterocycles. The Kier molecular flexibility index (Phi) is 1.15. The number of nitrogens with one attached hydrogen (secondary N) is 1. The van der Waals surface area contributed by atoms with Crippen molar-refractivity contribution in [3.05, 3.63) is 28.8 Å². The van der Waals surface area contributed by atoms with Gasteiger partial charge in [0.05, 0.1) is 0 Å². The van der Waals surface area contributed by atoms with Gasteiger partial charge in [0.15, 0.2) is 5.65 Å². The van der Waals surface area contributed by atoms with Gasteiger partial charge in [0.1, 0.15) is 11.8 Å². The molecule has 0 atom stereocenters. The predicted molar refractivity (Wildman–Crippen MR) is 38.0 cm³/mol. The van der Waals surface area contributed by atoms with Crippen LogP contribution >= 0.6 is 0 Å². The lowest BCUT2D eigenvalue weighted by molar-refractivity contribution is 1.00. The number of nitrogens with zero attached hydrogens (tertiary/aromatic N) is 3. The molecular formula is C6H4N4O. The molecule has 0 aliphatic carbocycles. The molecule has 0 aromatic carbocycles. The first-order chi connectivity index (χ1) is 5.36. The highest BCUT2D eigenvalue weighted by Crippen LogP contribution is 1.96. The van der Waals surface area contributed by atoms with Crippen LogP contribution in [0.4, 0.5) is 0 Å². The second-order valence-corrected chi connectivity index (χ2v) is 2.02. The van der Waals surface area contributed by atoms with E-state index < -0.39 is 0 Å². The number of aromatic nitrogens is 4. The van der Waals surface area contributed by atoms with Gasteiger partial charge < -0.3 is 4.98 Å². The fourth-order valence-corrected chi connectivity index (χ4v) is 0.807. The zero-order valence-electron chi connectivity index (χ0n) is 5.48. The first-order valence-corrected chi connectivity index (χ1v) is 3.03. The minimum atomic E-state index is -0.182. The number of aromatic amines is 1. The fourth-order valence-electron chi connectivity index (χ4n) is 0.807. The first kappa shape index (κ1) is 5.96. The van der Waals surface area contributed by atoms with E-state index in [4.69, 9.17) is 0 Å². The van der Waals surface area contributed by atoms with Crippen molar-refractivity contribution in [2.75, 3.05) is 0 Å². The second-order valence-electron chi connectivity index (χ2n) is 2.02. The van der Waals surface area contributed by atoms with Gasteiger partial charge in [-0.15, -0.1) is 10.2 Å². The minimum Gasteiger partial charge on any atom is -0.305 e. The van der Waals surface area contributed by atoms with Gasteiger partial charge in [-0.05, 0) is 6.07 Å². The molecule has 2 rings (SSSR count). The smallest absolute Gasteiger partial charge is 0.249 e. The van der Waals surface area contributed by atoms with E-state index in [1.165, 1.54) is 12.4 Å². The number of hydrogen-bond acceptors (Lipinski definition) is 4. The summed E-state index contributed by atoms with van der Waals surface area (Å²) in [6.45, 7) is 0. The van der Waals surface area contributed by atoms with E-state index in [1.54, 1.807) is 6.07 Å². The molecule has 0 spiro atoms. The standard InChI is InChI=1S/C6H4N4O/c11-5-2-1-4-6(9-5)7-3-8-10-4/h1-3H,(H,7,8,9,11). The molecule has 0 amide bonds. The Morgan fingerprint density at radius 1 is 1.36 bits per heavy atom. The monoisotopic (exact) mass is 148 g/mol. The lowest BCUT2D eigenvalue weighted by atomic mass is 10.4. The Bertz CT molecular complexity index is 436. The molecule has 0 saturated carbocycles. The molecule has 0 unspecified atom stereocenters. The molecule has 2 aromatic heterocycles. The molecule has 0 aliphatic heterocycles. The lowest BCUT2D eigenvalue weighted by Gasteiger charge is -1.89. The Labute approximate surface area is 61.1 Å². The molecule has 11 heavy (non-hydrogen) atoms. The quantitative estimate of drug-likeness (QED) is 0.557. The van der Waals surface area contributed by atoms with E-state index in [1.807, 2.05) is 0 Å². The van der Waals surface area contributed by atoms with Crippen molar-refractivity contribution in [1.82, 2.24) is 20.2 Å². The first-order valence-electron chi connectivity index (χ1n) is 3.03. The van der Waals surface area contributed by atoms with Gasteiger partial charge in [-0.3, -0.25) is 4.79 Å². The van der Waals surface area contributed by atoms with Gasteiger partial charge in [-0.1, -0.05) is 0 Å². The highest BCUT2D eigenvalue weighted by molar-refractivity contribution is 5.67. The SMILES string of the molecule is O=c1ccc2nncnc2[nH]1. The van der Waals surface area contributed by atoms with Gasteiger partial charge in [0.25, 0.3) is 0 Å². The van der Waals surface area contributed by atoms with Crippen molar-refractivity contribution in [1.29, 1.82) is 0 Å². The third-order valence-electron chi connectivity index (χ3n) is 1.28. The summed E-state index contributed by atoms with van der Waals surface area (Å²) in [6.07, 6.45) is 1.29. The van der Waals surface area contributed by atoms with E-state index in [-0.39, 0.29) is 5.56 Å². The van der Waals surface area contributed by atoms with Gasteiger partial charge in [0, 0.05) is 6.07 Å². The van der Waals surface area contributed by atoms with Crippen LogP contribution in [0.1, 0.15) is 0 Å². The van der Waals surface area contributed by atoms with E-state index in [0.717, 1.165) is 0 Å². The van der Waals surface area contributed by atoms with E-state index in [0.29, 0.717) is 11.2 Å². The Hall–Kier alpha value is -1.78. The number of hydrogen-bond donors (Lipinski definition) is 1. The summed E-state index contributed by atoms with van der Waals surface area (Å²) in [5.41, 5.74) is 0.873. The van der Waals surface area contributed by atoms with Crippen molar-refractivity contribution in [2.24, 2.45) is 0 Å². The van der Waals surface area contributed by atoms with E-state index in [9.17, 15) is 4.79 Å². The molecule has 5 nitrogen and oxygen atoms in total. The Morgan fingerprint density at radius 2 is 2.27 bits per heavy atom. The summed E-state index contributed by atoms with van der Waals surface area (Å²) in [5.74, 6) is 0. The zero-order valence-corrected chi connectivity index (χ0v) is 5.48. The maximum Gasteiger partial charge on any atom is 0.249 e. The maximum absolute atomic E-state index is 10.7. The third-order valence-corrected chi connectivity index (χ3v) is 1.28. The molecule has 0 radical (unpaired) electrons. The van der Waals surface area contributed by atoms with Gasteiger partial charge >= 0.3 is 0 Å². The van der Waals surface area contributed by atoms with Crippen molar-refractivity contribution in [3.63, 3.8) is 0 Å². The van der Waals surface area contributed by atoms with Crippen LogP contribution in [0.2, 0.25) is 0 Å². The summed E-state index contributed by atoms with van der Waals surface area (Å²) in [7, 11) is 0. The van der Waals surface area contributed by atoms with Crippen molar-refractivity contribution in [3.8, 4) is 0 Å². The van der Waals surface area contributed by atoms with Crippen LogP contribution in [0.3, 0.4) is 0 Å². The molecule has 1 N–H and O–H groups in total. The lowest BCUT2D eigenvalue weighted by Crippen LogP contribution is -2.04. The van der Waals surface area contributed by atoms with Crippen LogP contribution in [-0.4, -0.2) is 20.2 Å². The third kappa shape index (κ3) is 0.958. The van der Waals surface area contributed by atoms with Gasteiger partial charge in [-0.25, -0.2) is 4.98 Å². The molecule has 2 aromatic rings. The molecule has 0 saturated heterocycles. The Morgan fingerprint density at radius 3 is 3.18 bits per heavy atom. The van der Waals surface area contributed by atoms with Crippen molar-refractivity contribution < 1.29 is 0 Å². The summed E-state index contributed by atoms with van der Waals surface area (Å²) in [5, 5.41) is 7.30. The van der Waals surface area contributed by atoms with Crippen LogP contribution in [0.5, 0.6) is 0 Å². The highest BCUT2D eigenvalue weighted by Gasteiger charge is 1.93. The molecular weight excluding hydrogens is 144 g/mol. The van der Waals surface area contributed by atoms with Crippen LogP contribution in [0.25, 0.3) is 11.2 Å². The average molecular weight is 148 g/mol. The topological polar surface area (TPSA) is 71.5 Å². The predicted octanol–water partition coefficient (Wildman–Crippen LogP) is -0.287. The summed E-state index contributed by atoms with van der Waals surface area (Å²) < 4.78 is 0. The minimum absolute atomic E-state index is 0.182. The molecule has 5 heteroatoms. The van der Waals surface area contributed by atoms with Crippen molar-refractivity contribution in [2.45, 2.75) is 0 Å². The highest BCUT2D eigenvalue weighted by atomic mass is 16.1. The van der Waals surface area contributed by atoms with Crippen LogP contribution < -0.4 is 5.56 Å². The number of fused-ring (bicyclic) bond motifs is 1. The molecule has 0 aliphatic rings. The normalized spacial score (nSPS) is 10.2. The fraction of sp³-hybridized carbons (Fsp3) is 0. The van der Waals surface area contributed by atoms with Crippen LogP contribution in [-0.2, 0) is 0 Å². The summed E-state index contributed by atoms with van der Waals surface area (Å²) >= 11 is 0. The van der Waals surface area contributed by atoms with E-state index in [2.05, 4.69) is 20.2 Å². The number of H-pyrrole nitrogens is 1. The molecule has 0 bridgehead atoms.